The van der Waals surface area contributed by atoms with E-state index in [0.29, 0.717) is 11.5 Å². The largest absolute Gasteiger partial charge is 0.495 e. The van der Waals surface area contributed by atoms with Gasteiger partial charge in [-0.2, -0.15) is 0 Å². The zero-order valence-corrected chi connectivity index (χ0v) is 12.0. The van der Waals surface area contributed by atoms with Gasteiger partial charge in [0.25, 0.3) is 0 Å². The van der Waals surface area contributed by atoms with E-state index in [4.69, 9.17) is 4.74 Å². The van der Waals surface area contributed by atoms with Gasteiger partial charge >= 0.3 is 0 Å². The fourth-order valence-corrected chi connectivity index (χ4v) is 2.98. The molecule has 1 aliphatic carbocycles. The van der Waals surface area contributed by atoms with Gasteiger partial charge < -0.3 is 10.1 Å². The summed E-state index contributed by atoms with van der Waals surface area (Å²) >= 11 is 0. The average Bonchev–Trinajstić information content (AvgIpc) is 2.28. The first-order valence-corrected chi connectivity index (χ1v) is 6.91. The Kier molecular flexibility index (Phi) is 3.84. The van der Waals surface area contributed by atoms with Crippen molar-refractivity contribution in [3.8, 4) is 5.75 Å². The van der Waals surface area contributed by atoms with Gasteiger partial charge in [0.1, 0.15) is 5.75 Å². The molecule has 0 heterocycles. The number of hydrogen-bond donors (Lipinski definition) is 1. The third kappa shape index (κ3) is 3.18. The van der Waals surface area contributed by atoms with Crippen LogP contribution in [0.15, 0.2) is 18.2 Å². The molecule has 1 unspecified atom stereocenters. The first-order chi connectivity index (χ1) is 8.50. The molecule has 1 N–H and O–H groups in total. The molecule has 1 aliphatic rings. The number of hydrogen-bond acceptors (Lipinski definition) is 2. The predicted molar refractivity (Wildman–Crippen MR) is 77.4 cm³/mol. The van der Waals surface area contributed by atoms with Gasteiger partial charge in [-0.3, -0.25) is 0 Å². The Bertz CT molecular complexity index is 412. The van der Waals surface area contributed by atoms with Crippen LogP contribution in [0.2, 0.25) is 0 Å². The van der Waals surface area contributed by atoms with Gasteiger partial charge in [-0.1, -0.05) is 26.3 Å². The molecule has 1 atom stereocenters. The Balaban J connectivity index is 2.11. The zero-order valence-electron chi connectivity index (χ0n) is 12.0. The summed E-state index contributed by atoms with van der Waals surface area (Å²) in [6.07, 6.45) is 5.17. The molecule has 2 heteroatoms. The summed E-state index contributed by atoms with van der Waals surface area (Å²) in [5.74, 6) is 0.948. The van der Waals surface area contributed by atoms with Crippen LogP contribution in [0.1, 0.15) is 45.1 Å². The number of benzene rings is 1. The lowest BCUT2D eigenvalue weighted by Gasteiger charge is -2.36. The Hall–Kier alpha value is -1.18. The SMILES string of the molecule is COc1ccc(C)cc1NC1CCCC(C)(C)C1. The molecule has 100 valence electrons. The lowest BCUT2D eigenvalue weighted by molar-refractivity contribution is 0.229. The van der Waals surface area contributed by atoms with Crippen LogP contribution in [0.5, 0.6) is 5.75 Å². The minimum absolute atomic E-state index is 0.465. The van der Waals surface area contributed by atoms with E-state index in [1.54, 1.807) is 7.11 Å². The van der Waals surface area contributed by atoms with Crippen molar-refractivity contribution >= 4 is 5.69 Å². The highest BCUT2D eigenvalue weighted by Gasteiger charge is 2.28. The maximum Gasteiger partial charge on any atom is 0.141 e. The average molecular weight is 247 g/mol. The molecule has 1 saturated carbocycles. The topological polar surface area (TPSA) is 21.3 Å². The normalized spacial score (nSPS) is 22.6. The zero-order chi connectivity index (χ0) is 13.2. The molecule has 18 heavy (non-hydrogen) atoms. The third-order valence-corrected chi connectivity index (χ3v) is 3.92. The molecule has 1 aromatic carbocycles. The second-order valence-corrected chi connectivity index (χ2v) is 6.31. The summed E-state index contributed by atoms with van der Waals surface area (Å²) < 4.78 is 5.43. The minimum Gasteiger partial charge on any atom is -0.495 e. The van der Waals surface area contributed by atoms with Gasteiger partial charge in [-0.05, 0) is 49.3 Å². The van der Waals surface area contributed by atoms with Gasteiger partial charge in [0.05, 0.1) is 12.8 Å². The molecule has 1 fully saturated rings. The number of ether oxygens (including phenoxy) is 1. The van der Waals surface area contributed by atoms with Crippen molar-refractivity contribution in [2.75, 3.05) is 12.4 Å². The molecule has 0 saturated heterocycles. The lowest BCUT2D eigenvalue weighted by atomic mass is 9.75. The Morgan fingerprint density at radius 2 is 2.11 bits per heavy atom. The van der Waals surface area contributed by atoms with Crippen LogP contribution in [0.25, 0.3) is 0 Å². The number of rotatable bonds is 3. The summed E-state index contributed by atoms with van der Waals surface area (Å²) in [5, 5.41) is 3.67. The van der Waals surface area contributed by atoms with Gasteiger partial charge in [-0.25, -0.2) is 0 Å². The maximum absolute atomic E-state index is 5.43. The van der Waals surface area contributed by atoms with Crippen molar-refractivity contribution in [2.24, 2.45) is 5.41 Å². The summed E-state index contributed by atoms with van der Waals surface area (Å²) in [6.45, 7) is 6.86. The van der Waals surface area contributed by atoms with E-state index in [9.17, 15) is 0 Å². The Labute approximate surface area is 111 Å². The number of methoxy groups -OCH3 is 1. The van der Waals surface area contributed by atoms with Gasteiger partial charge in [-0.15, -0.1) is 0 Å². The van der Waals surface area contributed by atoms with Crippen molar-refractivity contribution < 1.29 is 4.74 Å². The molecule has 2 nitrogen and oxygen atoms in total. The van der Waals surface area contributed by atoms with Crippen LogP contribution in [0.4, 0.5) is 5.69 Å². The number of nitrogens with one attached hydrogen (secondary N) is 1. The quantitative estimate of drug-likeness (QED) is 0.855. The van der Waals surface area contributed by atoms with Crippen LogP contribution in [-0.2, 0) is 0 Å². The summed E-state index contributed by atoms with van der Waals surface area (Å²) in [6, 6.07) is 6.89. The van der Waals surface area contributed by atoms with Gasteiger partial charge in [0, 0.05) is 6.04 Å². The Morgan fingerprint density at radius 3 is 2.78 bits per heavy atom. The monoisotopic (exact) mass is 247 g/mol. The summed E-state index contributed by atoms with van der Waals surface area (Å²) in [7, 11) is 1.74. The highest BCUT2D eigenvalue weighted by Crippen LogP contribution is 2.37. The highest BCUT2D eigenvalue weighted by molar-refractivity contribution is 5.58. The molecule has 0 spiro atoms. The summed E-state index contributed by atoms with van der Waals surface area (Å²) in [4.78, 5) is 0. The van der Waals surface area contributed by atoms with Crippen molar-refractivity contribution in [1.82, 2.24) is 0 Å². The molecule has 0 bridgehead atoms. The molecule has 0 aromatic heterocycles. The maximum atomic E-state index is 5.43. The molecule has 1 aromatic rings. The van der Waals surface area contributed by atoms with Crippen LogP contribution in [0.3, 0.4) is 0 Å². The Morgan fingerprint density at radius 1 is 1.33 bits per heavy atom. The molecular formula is C16H25NO. The van der Waals surface area contributed by atoms with Crippen molar-refractivity contribution in [3.05, 3.63) is 23.8 Å². The fraction of sp³-hybridized carbons (Fsp3) is 0.625. The first kappa shape index (κ1) is 13.3. The standard InChI is InChI=1S/C16H25NO/c1-12-7-8-15(18-4)14(10-12)17-13-6-5-9-16(2,3)11-13/h7-8,10,13,17H,5-6,9,11H2,1-4H3. The van der Waals surface area contributed by atoms with Crippen LogP contribution in [0, 0.1) is 12.3 Å². The van der Waals surface area contributed by atoms with Crippen LogP contribution >= 0.6 is 0 Å². The lowest BCUT2D eigenvalue weighted by Crippen LogP contribution is -2.31. The van der Waals surface area contributed by atoms with E-state index in [0.717, 1.165) is 11.4 Å². The van der Waals surface area contributed by atoms with E-state index in [2.05, 4.69) is 38.2 Å². The van der Waals surface area contributed by atoms with E-state index >= 15 is 0 Å². The van der Waals surface area contributed by atoms with Crippen LogP contribution < -0.4 is 10.1 Å². The van der Waals surface area contributed by atoms with Crippen molar-refractivity contribution in [3.63, 3.8) is 0 Å². The number of aryl methyl sites for hydroxylation is 1. The van der Waals surface area contributed by atoms with Crippen LogP contribution in [-0.4, -0.2) is 13.2 Å². The number of anilines is 1. The smallest absolute Gasteiger partial charge is 0.141 e. The molecule has 2 rings (SSSR count). The van der Waals surface area contributed by atoms with Gasteiger partial charge in [0.2, 0.25) is 0 Å². The van der Waals surface area contributed by atoms with Crippen molar-refractivity contribution in [2.45, 2.75) is 52.5 Å². The van der Waals surface area contributed by atoms with E-state index in [1.807, 2.05) is 6.07 Å². The minimum atomic E-state index is 0.465. The predicted octanol–water partition coefficient (Wildman–Crippen LogP) is 4.38. The third-order valence-electron chi connectivity index (χ3n) is 3.92. The molecule has 0 aliphatic heterocycles. The molecule has 0 radical (unpaired) electrons. The second kappa shape index (κ2) is 5.21. The second-order valence-electron chi connectivity index (χ2n) is 6.31. The van der Waals surface area contributed by atoms with Gasteiger partial charge in [0.15, 0.2) is 0 Å². The van der Waals surface area contributed by atoms with E-state index < -0.39 is 0 Å². The van der Waals surface area contributed by atoms with Crippen molar-refractivity contribution in [1.29, 1.82) is 0 Å². The molecule has 0 amide bonds. The first-order valence-electron chi connectivity index (χ1n) is 6.91. The van der Waals surface area contributed by atoms with E-state index in [1.165, 1.54) is 31.2 Å². The highest BCUT2D eigenvalue weighted by atomic mass is 16.5. The summed E-state index contributed by atoms with van der Waals surface area (Å²) in [5.41, 5.74) is 2.88. The fourth-order valence-electron chi connectivity index (χ4n) is 2.98. The van der Waals surface area contributed by atoms with E-state index in [-0.39, 0.29) is 0 Å². The molecular weight excluding hydrogens is 222 g/mol.